The van der Waals surface area contributed by atoms with E-state index in [4.69, 9.17) is 23.2 Å². The molecular weight excluding hydrogens is 349 g/mol. The predicted octanol–water partition coefficient (Wildman–Crippen LogP) is 4.70. The number of benzene rings is 1. The van der Waals surface area contributed by atoms with Gasteiger partial charge in [-0.15, -0.1) is 22.0 Å². The molecule has 0 aliphatic heterocycles. The number of halogens is 2. The summed E-state index contributed by atoms with van der Waals surface area (Å²) in [5, 5.41) is 13.3. The lowest BCUT2D eigenvalue weighted by molar-refractivity contribution is -0.113. The Labute approximate surface area is 141 Å². The second-order valence-corrected chi connectivity index (χ2v) is 7.38. The van der Waals surface area contributed by atoms with Crippen molar-refractivity contribution >= 4 is 57.3 Å². The molecule has 0 aliphatic rings. The standard InChI is InChI=1S/C13H13Cl2N3OS2/c1-7(2)12-17-18-13(21-12)16-11(19)6-20-10-5-8(14)3-4-9(10)15/h3-5,7H,6H2,1-2H3,(H,16,18,19). The van der Waals surface area contributed by atoms with E-state index in [1.807, 2.05) is 13.8 Å². The molecule has 2 aromatic rings. The highest BCUT2D eigenvalue weighted by atomic mass is 35.5. The average molecular weight is 362 g/mol. The number of rotatable bonds is 5. The third-order valence-corrected chi connectivity index (χ3v) is 5.30. The summed E-state index contributed by atoms with van der Waals surface area (Å²) in [5.74, 6) is 0.381. The molecule has 1 N–H and O–H groups in total. The Morgan fingerprint density at radius 3 is 2.81 bits per heavy atom. The topological polar surface area (TPSA) is 54.9 Å². The zero-order valence-corrected chi connectivity index (χ0v) is 14.5. The number of nitrogens with one attached hydrogen (secondary N) is 1. The molecule has 112 valence electrons. The highest BCUT2D eigenvalue weighted by Crippen LogP contribution is 2.30. The largest absolute Gasteiger partial charge is 0.300 e. The fourth-order valence-electron chi connectivity index (χ4n) is 1.40. The lowest BCUT2D eigenvalue weighted by atomic mass is 10.2. The van der Waals surface area contributed by atoms with Crippen LogP contribution >= 0.6 is 46.3 Å². The van der Waals surface area contributed by atoms with Gasteiger partial charge >= 0.3 is 0 Å². The molecule has 0 aliphatic carbocycles. The van der Waals surface area contributed by atoms with Gasteiger partial charge in [0.05, 0.1) is 10.8 Å². The van der Waals surface area contributed by atoms with Crippen LogP contribution in [0.2, 0.25) is 10.0 Å². The molecule has 1 aromatic carbocycles. The van der Waals surface area contributed by atoms with Gasteiger partial charge in [-0.25, -0.2) is 0 Å². The molecule has 0 bridgehead atoms. The first-order valence-corrected chi connectivity index (χ1v) is 8.72. The maximum atomic E-state index is 11.9. The highest BCUT2D eigenvalue weighted by molar-refractivity contribution is 8.00. The first-order chi connectivity index (χ1) is 9.95. The van der Waals surface area contributed by atoms with E-state index in [2.05, 4.69) is 15.5 Å². The second kappa shape index (κ2) is 7.45. The molecule has 0 unspecified atom stereocenters. The summed E-state index contributed by atoms with van der Waals surface area (Å²) in [6.45, 7) is 4.06. The molecular formula is C13H13Cl2N3OS2. The molecule has 21 heavy (non-hydrogen) atoms. The smallest absolute Gasteiger partial charge is 0.236 e. The molecule has 1 heterocycles. The van der Waals surface area contributed by atoms with Crippen LogP contribution in [0.15, 0.2) is 23.1 Å². The molecule has 0 atom stereocenters. The van der Waals surface area contributed by atoms with Crippen molar-refractivity contribution in [3.8, 4) is 0 Å². The van der Waals surface area contributed by atoms with Gasteiger partial charge in [-0.3, -0.25) is 10.1 Å². The summed E-state index contributed by atoms with van der Waals surface area (Å²) in [4.78, 5) is 12.7. The normalized spacial score (nSPS) is 10.9. The van der Waals surface area contributed by atoms with E-state index in [1.165, 1.54) is 23.1 Å². The third kappa shape index (κ3) is 4.85. The fourth-order valence-corrected chi connectivity index (χ4v) is 3.46. The van der Waals surface area contributed by atoms with Crippen molar-refractivity contribution in [3.05, 3.63) is 33.3 Å². The minimum atomic E-state index is -0.150. The minimum absolute atomic E-state index is 0.150. The Morgan fingerprint density at radius 2 is 2.14 bits per heavy atom. The van der Waals surface area contributed by atoms with Gasteiger partial charge < -0.3 is 0 Å². The number of anilines is 1. The zero-order chi connectivity index (χ0) is 15.4. The Morgan fingerprint density at radius 1 is 1.38 bits per heavy atom. The summed E-state index contributed by atoms with van der Waals surface area (Å²) in [6, 6.07) is 5.16. The van der Waals surface area contributed by atoms with Crippen molar-refractivity contribution in [2.24, 2.45) is 0 Å². The van der Waals surface area contributed by atoms with E-state index in [1.54, 1.807) is 18.2 Å². The minimum Gasteiger partial charge on any atom is -0.300 e. The molecule has 0 spiro atoms. The van der Waals surface area contributed by atoms with Gasteiger partial charge in [0, 0.05) is 15.8 Å². The molecule has 8 heteroatoms. The van der Waals surface area contributed by atoms with Gasteiger partial charge in [0.25, 0.3) is 0 Å². The van der Waals surface area contributed by atoms with Crippen LogP contribution in [0, 0.1) is 0 Å². The third-order valence-electron chi connectivity index (χ3n) is 2.43. The van der Waals surface area contributed by atoms with Gasteiger partial charge in [-0.1, -0.05) is 48.4 Å². The van der Waals surface area contributed by atoms with Crippen LogP contribution in [0.3, 0.4) is 0 Å². The van der Waals surface area contributed by atoms with Crippen molar-refractivity contribution in [2.75, 3.05) is 11.1 Å². The number of carbonyl (C=O) groups is 1. The zero-order valence-electron chi connectivity index (χ0n) is 11.4. The quantitative estimate of drug-likeness (QED) is 0.784. The van der Waals surface area contributed by atoms with E-state index in [0.717, 1.165) is 9.90 Å². The number of hydrogen-bond donors (Lipinski definition) is 1. The van der Waals surface area contributed by atoms with Crippen molar-refractivity contribution in [2.45, 2.75) is 24.7 Å². The summed E-state index contributed by atoms with van der Waals surface area (Å²) in [6.07, 6.45) is 0. The molecule has 4 nitrogen and oxygen atoms in total. The fraction of sp³-hybridized carbons (Fsp3) is 0.308. The van der Waals surface area contributed by atoms with Crippen molar-refractivity contribution in [1.82, 2.24) is 10.2 Å². The van der Waals surface area contributed by atoms with Gasteiger partial charge in [-0.05, 0) is 18.2 Å². The molecule has 0 saturated heterocycles. The Hall–Kier alpha value is -0.820. The summed E-state index contributed by atoms with van der Waals surface area (Å²) >= 11 is 14.7. The molecule has 1 aromatic heterocycles. The van der Waals surface area contributed by atoms with Crippen LogP contribution in [0.5, 0.6) is 0 Å². The van der Waals surface area contributed by atoms with Gasteiger partial charge in [0.1, 0.15) is 5.01 Å². The van der Waals surface area contributed by atoms with Gasteiger partial charge in [0.2, 0.25) is 11.0 Å². The molecule has 0 saturated carbocycles. The Balaban J connectivity index is 1.91. The van der Waals surface area contributed by atoms with Crippen molar-refractivity contribution < 1.29 is 4.79 Å². The molecule has 2 rings (SSSR count). The number of amides is 1. The van der Waals surface area contributed by atoms with E-state index in [9.17, 15) is 4.79 Å². The van der Waals surface area contributed by atoms with Crippen molar-refractivity contribution in [1.29, 1.82) is 0 Å². The van der Waals surface area contributed by atoms with Gasteiger partial charge in [-0.2, -0.15) is 0 Å². The number of carbonyl (C=O) groups excluding carboxylic acids is 1. The average Bonchev–Trinajstić information content (AvgIpc) is 2.88. The first kappa shape index (κ1) is 16.5. The predicted molar refractivity (Wildman–Crippen MR) is 89.8 cm³/mol. The lowest BCUT2D eigenvalue weighted by Gasteiger charge is -2.04. The van der Waals surface area contributed by atoms with Crippen LogP contribution in [0.1, 0.15) is 24.8 Å². The van der Waals surface area contributed by atoms with Crippen LogP contribution < -0.4 is 5.32 Å². The number of aromatic nitrogens is 2. The van der Waals surface area contributed by atoms with E-state index in [0.29, 0.717) is 21.1 Å². The Kier molecular flexibility index (Phi) is 5.87. The van der Waals surface area contributed by atoms with Crippen LogP contribution in [-0.4, -0.2) is 21.9 Å². The number of thioether (sulfide) groups is 1. The molecule has 0 radical (unpaired) electrons. The maximum absolute atomic E-state index is 11.9. The summed E-state index contributed by atoms with van der Waals surface area (Å²) < 4.78 is 0. The van der Waals surface area contributed by atoms with E-state index < -0.39 is 0 Å². The van der Waals surface area contributed by atoms with Crippen LogP contribution in [0.25, 0.3) is 0 Å². The number of hydrogen-bond acceptors (Lipinski definition) is 5. The number of nitrogens with zero attached hydrogens (tertiary/aromatic N) is 2. The van der Waals surface area contributed by atoms with Crippen LogP contribution in [-0.2, 0) is 4.79 Å². The Bertz CT molecular complexity index is 646. The lowest BCUT2D eigenvalue weighted by Crippen LogP contribution is -2.13. The van der Waals surface area contributed by atoms with E-state index in [-0.39, 0.29) is 11.7 Å². The SMILES string of the molecule is CC(C)c1nnc(NC(=O)CSc2cc(Cl)ccc2Cl)s1. The first-order valence-electron chi connectivity index (χ1n) is 6.17. The molecule has 0 fully saturated rings. The van der Waals surface area contributed by atoms with Crippen LogP contribution in [0.4, 0.5) is 5.13 Å². The van der Waals surface area contributed by atoms with Gasteiger partial charge in [0.15, 0.2) is 0 Å². The summed E-state index contributed by atoms with van der Waals surface area (Å²) in [5.41, 5.74) is 0. The monoisotopic (exact) mass is 361 g/mol. The maximum Gasteiger partial charge on any atom is 0.236 e. The highest BCUT2D eigenvalue weighted by Gasteiger charge is 2.11. The van der Waals surface area contributed by atoms with E-state index >= 15 is 0 Å². The van der Waals surface area contributed by atoms with Crippen molar-refractivity contribution in [3.63, 3.8) is 0 Å². The summed E-state index contributed by atoms with van der Waals surface area (Å²) in [7, 11) is 0. The second-order valence-electron chi connectivity index (χ2n) is 4.51. The molecule has 1 amide bonds.